The number of amidine groups is 1. The molecule has 0 saturated heterocycles. The van der Waals surface area contributed by atoms with Crippen LogP contribution in [-0.2, 0) is 0 Å². The maximum absolute atomic E-state index is 13.8. The second kappa shape index (κ2) is 9.26. The molecule has 3 aromatic rings. The van der Waals surface area contributed by atoms with Gasteiger partial charge in [0.2, 0.25) is 0 Å². The summed E-state index contributed by atoms with van der Waals surface area (Å²) in [6.07, 6.45) is 2.91. The molecule has 4 N–H and O–H groups in total. The number of rotatable bonds is 7. The van der Waals surface area contributed by atoms with E-state index in [0.29, 0.717) is 32.4 Å². The van der Waals surface area contributed by atoms with Crippen LogP contribution in [0.4, 0.5) is 13.2 Å². The van der Waals surface area contributed by atoms with Crippen molar-refractivity contribution in [1.82, 2.24) is 20.1 Å². The molecule has 1 aliphatic rings. The van der Waals surface area contributed by atoms with E-state index >= 15 is 0 Å². The third-order valence-corrected chi connectivity index (χ3v) is 6.15. The number of aliphatic imine (C=N–C) groups is 1. The molecule has 0 radical (unpaired) electrons. The van der Waals surface area contributed by atoms with Crippen LogP contribution in [0, 0.1) is 5.82 Å². The predicted molar refractivity (Wildman–Crippen MR) is 121 cm³/mol. The highest BCUT2D eigenvalue weighted by molar-refractivity contribution is 7.11. The van der Waals surface area contributed by atoms with Crippen LogP contribution in [0.15, 0.2) is 52.7 Å². The van der Waals surface area contributed by atoms with Crippen LogP contribution < -0.4 is 11.1 Å². The molecular formula is C21H20ClF3N6OS. The van der Waals surface area contributed by atoms with E-state index in [9.17, 15) is 18.3 Å². The highest BCUT2D eigenvalue weighted by atomic mass is 35.5. The smallest absolute Gasteiger partial charge is 0.333 e. The monoisotopic (exact) mass is 496 g/mol. The molecule has 1 aromatic carbocycles. The van der Waals surface area contributed by atoms with Crippen molar-refractivity contribution in [2.45, 2.75) is 31.5 Å². The molecule has 0 unspecified atom stereocenters. The molecule has 0 aliphatic carbocycles. The number of nitrogens with zero attached hydrogens (tertiary/aromatic N) is 4. The Labute approximate surface area is 196 Å². The van der Waals surface area contributed by atoms with Crippen LogP contribution in [0.1, 0.15) is 42.2 Å². The van der Waals surface area contributed by atoms with Gasteiger partial charge in [-0.15, -0.1) is 11.3 Å². The quantitative estimate of drug-likeness (QED) is 0.456. The van der Waals surface area contributed by atoms with E-state index in [-0.39, 0.29) is 23.7 Å². The molecule has 0 spiro atoms. The zero-order valence-corrected chi connectivity index (χ0v) is 18.9. The van der Waals surface area contributed by atoms with Crippen molar-refractivity contribution in [3.63, 3.8) is 0 Å². The Hall–Kier alpha value is -2.73. The fourth-order valence-electron chi connectivity index (χ4n) is 3.48. The number of benzene rings is 1. The van der Waals surface area contributed by atoms with Gasteiger partial charge in [0.15, 0.2) is 10.8 Å². The molecule has 1 aliphatic heterocycles. The fraction of sp³-hybridized carbons (Fsp3) is 0.286. The maximum atomic E-state index is 13.8. The lowest BCUT2D eigenvalue weighted by Crippen LogP contribution is -2.44. The summed E-state index contributed by atoms with van der Waals surface area (Å²) in [6, 6.07) is 4.52. The normalized spacial score (nSPS) is 18.3. The highest BCUT2D eigenvalue weighted by Crippen LogP contribution is 2.42. The van der Waals surface area contributed by atoms with Crippen molar-refractivity contribution in [2.24, 2.45) is 10.7 Å². The highest BCUT2D eigenvalue weighted by Gasteiger charge is 2.34. The summed E-state index contributed by atoms with van der Waals surface area (Å²) < 4.78 is 40.8. The molecule has 0 bridgehead atoms. The minimum atomic E-state index is -2.83. The van der Waals surface area contributed by atoms with Gasteiger partial charge in [-0.2, -0.15) is 13.9 Å². The number of aliphatic hydroxyl groups is 1. The Morgan fingerprint density at radius 3 is 2.76 bits per heavy atom. The first kappa shape index (κ1) is 23.4. The molecule has 7 nitrogen and oxygen atoms in total. The Balaban J connectivity index is 1.94. The molecule has 0 fully saturated rings. The SMILES string of the molecule is C[C@](N)(CO)CC1=C(c2ccn(C(F)F)n2)[C@H](c2ccc(F)cc2Cl)N=C(c2nccs2)N1. The van der Waals surface area contributed by atoms with E-state index in [0.717, 1.165) is 12.3 Å². The van der Waals surface area contributed by atoms with Gasteiger partial charge in [-0.05, 0) is 25.1 Å². The summed E-state index contributed by atoms with van der Waals surface area (Å²) in [5.41, 5.74) is 6.83. The molecule has 2 aromatic heterocycles. The Kier molecular flexibility index (Phi) is 6.57. The molecule has 0 saturated carbocycles. The average molecular weight is 497 g/mol. The topological polar surface area (TPSA) is 101 Å². The zero-order valence-electron chi connectivity index (χ0n) is 17.3. The number of halogens is 4. The van der Waals surface area contributed by atoms with Crippen molar-refractivity contribution in [1.29, 1.82) is 0 Å². The molecule has 0 amide bonds. The molecule has 174 valence electrons. The Morgan fingerprint density at radius 2 is 2.15 bits per heavy atom. The molecule has 12 heteroatoms. The first-order chi connectivity index (χ1) is 15.7. The van der Waals surface area contributed by atoms with E-state index in [1.165, 1.54) is 29.5 Å². The van der Waals surface area contributed by atoms with Crippen LogP contribution in [0.5, 0.6) is 0 Å². The van der Waals surface area contributed by atoms with E-state index in [4.69, 9.17) is 22.3 Å². The number of nitrogens with one attached hydrogen (secondary N) is 1. The van der Waals surface area contributed by atoms with Gasteiger partial charge in [-0.1, -0.05) is 17.7 Å². The third-order valence-electron chi connectivity index (χ3n) is 5.04. The van der Waals surface area contributed by atoms with Gasteiger partial charge in [-0.3, -0.25) is 4.99 Å². The van der Waals surface area contributed by atoms with Gasteiger partial charge >= 0.3 is 6.55 Å². The minimum absolute atomic E-state index is 0.118. The summed E-state index contributed by atoms with van der Waals surface area (Å²) in [6.45, 7) is -1.51. The molecule has 2 atom stereocenters. The fourth-order valence-corrected chi connectivity index (χ4v) is 4.34. The van der Waals surface area contributed by atoms with Gasteiger partial charge in [0.25, 0.3) is 0 Å². The Bertz CT molecular complexity index is 1210. The van der Waals surface area contributed by atoms with Crippen molar-refractivity contribution >= 4 is 34.3 Å². The number of aromatic nitrogens is 3. The third kappa shape index (κ3) is 4.96. The number of nitrogens with two attached hydrogens (primary N) is 1. The number of aliphatic hydroxyl groups excluding tert-OH is 1. The van der Waals surface area contributed by atoms with Crippen LogP contribution in [0.3, 0.4) is 0 Å². The lowest BCUT2D eigenvalue weighted by Gasteiger charge is -2.32. The van der Waals surface area contributed by atoms with E-state index in [1.807, 2.05) is 0 Å². The van der Waals surface area contributed by atoms with Crippen LogP contribution >= 0.6 is 22.9 Å². The van der Waals surface area contributed by atoms with Gasteiger partial charge in [0.05, 0.1) is 12.3 Å². The van der Waals surface area contributed by atoms with E-state index in [1.54, 1.807) is 18.5 Å². The van der Waals surface area contributed by atoms with Crippen molar-refractivity contribution in [3.8, 4) is 0 Å². The van der Waals surface area contributed by atoms with Gasteiger partial charge in [0.1, 0.15) is 11.9 Å². The van der Waals surface area contributed by atoms with Crippen molar-refractivity contribution in [3.05, 3.63) is 74.8 Å². The van der Waals surface area contributed by atoms with Crippen molar-refractivity contribution in [2.75, 3.05) is 6.61 Å². The summed E-state index contributed by atoms with van der Waals surface area (Å²) >= 11 is 7.72. The lowest BCUT2D eigenvalue weighted by molar-refractivity contribution is 0.0564. The largest absolute Gasteiger partial charge is 0.394 e. The summed E-state index contributed by atoms with van der Waals surface area (Å²) in [5, 5.41) is 19.5. The minimum Gasteiger partial charge on any atom is -0.394 e. The first-order valence-electron chi connectivity index (χ1n) is 9.84. The van der Waals surface area contributed by atoms with Crippen LogP contribution in [0.25, 0.3) is 5.57 Å². The standard InChI is InChI=1S/C21H20ClF3N6OS/c1-21(26,10-32)9-15-16(14-4-6-31(30-14)20(24)25)17(12-3-2-11(23)8-13(12)22)29-18(28-15)19-27-5-7-33-19/h2-8,17,20,32H,9-10,26H2,1H3,(H,28,29)/t17-,21+/m0/s1. The molecular weight excluding hydrogens is 477 g/mol. The van der Waals surface area contributed by atoms with Gasteiger partial charge in [0, 0.05) is 51.6 Å². The number of thiazole rings is 1. The van der Waals surface area contributed by atoms with Gasteiger partial charge in [-0.25, -0.2) is 14.1 Å². The number of hydrogen-bond acceptors (Lipinski definition) is 7. The summed E-state index contributed by atoms with van der Waals surface area (Å²) in [5.74, 6) is -0.111. The first-order valence-corrected chi connectivity index (χ1v) is 11.1. The zero-order chi connectivity index (χ0) is 23.8. The second-order valence-electron chi connectivity index (χ2n) is 7.85. The van der Waals surface area contributed by atoms with Crippen molar-refractivity contribution < 1.29 is 18.3 Å². The number of alkyl halides is 2. The molecule has 3 heterocycles. The van der Waals surface area contributed by atoms with E-state index in [2.05, 4.69) is 15.4 Å². The second-order valence-corrected chi connectivity index (χ2v) is 9.15. The lowest BCUT2D eigenvalue weighted by atomic mass is 9.88. The molecule has 33 heavy (non-hydrogen) atoms. The van der Waals surface area contributed by atoms with Crippen LogP contribution in [0.2, 0.25) is 5.02 Å². The molecule has 4 rings (SSSR count). The maximum Gasteiger partial charge on any atom is 0.333 e. The number of hydrogen-bond donors (Lipinski definition) is 3. The van der Waals surface area contributed by atoms with Crippen LogP contribution in [-0.4, -0.2) is 37.9 Å². The summed E-state index contributed by atoms with van der Waals surface area (Å²) in [7, 11) is 0. The van der Waals surface area contributed by atoms with Gasteiger partial charge < -0.3 is 16.2 Å². The van der Waals surface area contributed by atoms with E-state index < -0.39 is 23.9 Å². The summed E-state index contributed by atoms with van der Waals surface area (Å²) in [4.78, 5) is 9.04. The Morgan fingerprint density at radius 1 is 1.36 bits per heavy atom. The average Bonchev–Trinajstić information content (AvgIpc) is 3.45. The predicted octanol–water partition coefficient (Wildman–Crippen LogP) is 4.13.